The lowest BCUT2D eigenvalue weighted by atomic mass is 10.1. The molecule has 2 aromatic carbocycles. The highest BCUT2D eigenvalue weighted by atomic mass is 16.1. The van der Waals surface area contributed by atoms with Crippen molar-refractivity contribution >= 4 is 28.8 Å². The minimum Gasteiger partial charge on any atom is -0.378 e. The van der Waals surface area contributed by atoms with Crippen molar-refractivity contribution in [2.24, 2.45) is 0 Å². The lowest BCUT2D eigenvalue weighted by Gasteiger charge is -2.13. The zero-order chi connectivity index (χ0) is 20.1. The first kappa shape index (κ1) is 19.4. The second-order valence-electron chi connectivity index (χ2n) is 6.76. The Labute approximate surface area is 165 Å². The minimum absolute atomic E-state index is 0.263. The number of carbonyl (C=O) groups is 1. The number of carbonyl (C=O) groups excluding carboxylic acids is 1. The van der Waals surface area contributed by atoms with Gasteiger partial charge in [-0.25, -0.2) is 9.97 Å². The van der Waals surface area contributed by atoms with E-state index in [1.54, 1.807) is 13.0 Å². The van der Waals surface area contributed by atoms with Gasteiger partial charge in [-0.3, -0.25) is 4.79 Å². The summed E-state index contributed by atoms with van der Waals surface area (Å²) >= 11 is 0. The summed E-state index contributed by atoms with van der Waals surface area (Å²) in [7, 11) is 3.99. The van der Waals surface area contributed by atoms with Crippen LogP contribution in [0.1, 0.15) is 28.8 Å². The molecule has 6 nitrogen and oxygen atoms in total. The maximum absolute atomic E-state index is 12.6. The monoisotopic (exact) mass is 375 g/mol. The fourth-order valence-electron chi connectivity index (χ4n) is 2.76. The van der Waals surface area contributed by atoms with E-state index >= 15 is 0 Å². The third-order valence-electron chi connectivity index (χ3n) is 4.35. The van der Waals surface area contributed by atoms with Crippen LogP contribution in [0.5, 0.6) is 0 Å². The van der Waals surface area contributed by atoms with Gasteiger partial charge in [0.15, 0.2) is 0 Å². The Bertz CT molecular complexity index is 950. The molecule has 0 unspecified atom stereocenters. The first-order valence-corrected chi connectivity index (χ1v) is 9.25. The van der Waals surface area contributed by atoms with E-state index in [1.165, 1.54) is 5.56 Å². The molecule has 0 atom stereocenters. The molecule has 1 aromatic heterocycles. The van der Waals surface area contributed by atoms with Gasteiger partial charge in [0.2, 0.25) is 0 Å². The van der Waals surface area contributed by atoms with Crippen molar-refractivity contribution in [1.29, 1.82) is 0 Å². The molecular formula is C22H25N5O. The third kappa shape index (κ3) is 4.85. The number of anilines is 4. The number of aromatic nitrogens is 2. The maximum Gasteiger partial charge on any atom is 0.274 e. The van der Waals surface area contributed by atoms with E-state index in [2.05, 4.69) is 27.5 Å². The highest BCUT2D eigenvalue weighted by Gasteiger charge is 2.11. The van der Waals surface area contributed by atoms with Gasteiger partial charge < -0.3 is 15.5 Å². The molecule has 0 aliphatic carbocycles. The molecule has 144 valence electrons. The summed E-state index contributed by atoms with van der Waals surface area (Å²) < 4.78 is 0. The average molecular weight is 375 g/mol. The fraction of sp³-hybridized carbons (Fsp3) is 0.227. The molecule has 0 aliphatic rings. The van der Waals surface area contributed by atoms with Gasteiger partial charge in [0.25, 0.3) is 5.91 Å². The topological polar surface area (TPSA) is 70.2 Å². The molecule has 28 heavy (non-hydrogen) atoms. The Morgan fingerprint density at radius 1 is 0.964 bits per heavy atom. The molecule has 3 aromatic rings. The van der Waals surface area contributed by atoms with Gasteiger partial charge in [-0.05, 0) is 55.3 Å². The molecule has 0 bridgehead atoms. The van der Waals surface area contributed by atoms with Crippen molar-refractivity contribution in [3.8, 4) is 0 Å². The standard InChI is InChI=1S/C22H25N5O/c1-5-16-6-8-18(9-7-16)26-22(28)20-14-21(24-15(2)23-20)25-17-10-12-19(13-11-17)27(3)4/h6-14H,5H2,1-4H3,(H,26,28)(H,23,24,25). The van der Waals surface area contributed by atoms with Crippen molar-refractivity contribution < 1.29 is 4.79 Å². The van der Waals surface area contributed by atoms with Crippen LogP contribution in [0.15, 0.2) is 54.6 Å². The Morgan fingerprint density at radius 2 is 1.61 bits per heavy atom. The van der Waals surface area contributed by atoms with Crippen LogP contribution in [-0.4, -0.2) is 30.0 Å². The molecule has 3 rings (SSSR count). The number of amides is 1. The average Bonchev–Trinajstić information content (AvgIpc) is 2.68. The van der Waals surface area contributed by atoms with Gasteiger partial charge >= 0.3 is 0 Å². The highest BCUT2D eigenvalue weighted by molar-refractivity contribution is 6.03. The van der Waals surface area contributed by atoms with E-state index in [4.69, 9.17) is 0 Å². The molecule has 0 radical (unpaired) electrons. The van der Waals surface area contributed by atoms with E-state index in [-0.39, 0.29) is 5.91 Å². The molecule has 2 N–H and O–H groups in total. The predicted molar refractivity (Wildman–Crippen MR) is 115 cm³/mol. The van der Waals surface area contributed by atoms with Crippen molar-refractivity contribution in [1.82, 2.24) is 9.97 Å². The smallest absolute Gasteiger partial charge is 0.274 e. The van der Waals surface area contributed by atoms with Gasteiger partial charge in [0.1, 0.15) is 17.3 Å². The van der Waals surface area contributed by atoms with Crippen LogP contribution in [0.25, 0.3) is 0 Å². The lowest BCUT2D eigenvalue weighted by Crippen LogP contribution is -2.15. The lowest BCUT2D eigenvalue weighted by molar-refractivity contribution is 0.102. The summed E-state index contributed by atoms with van der Waals surface area (Å²) in [4.78, 5) is 23.3. The van der Waals surface area contributed by atoms with Crippen LogP contribution in [0.3, 0.4) is 0 Å². The van der Waals surface area contributed by atoms with Crippen molar-refractivity contribution in [3.05, 3.63) is 71.7 Å². The molecular weight excluding hydrogens is 350 g/mol. The number of benzene rings is 2. The summed E-state index contributed by atoms with van der Waals surface area (Å²) in [5.41, 5.74) is 4.29. The Kier molecular flexibility index (Phi) is 5.89. The van der Waals surface area contributed by atoms with Crippen molar-refractivity contribution in [2.75, 3.05) is 29.6 Å². The third-order valence-corrected chi connectivity index (χ3v) is 4.35. The van der Waals surface area contributed by atoms with E-state index < -0.39 is 0 Å². The maximum atomic E-state index is 12.6. The molecule has 6 heteroatoms. The second kappa shape index (κ2) is 8.52. The number of aryl methyl sites for hydroxylation is 2. The Balaban J connectivity index is 1.75. The van der Waals surface area contributed by atoms with Crippen LogP contribution in [0.2, 0.25) is 0 Å². The first-order chi connectivity index (χ1) is 13.4. The molecule has 1 heterocycles. The Morgan fingerprint density at radius 3 is 2.21 bits per heavy atom. The first-order valence-electron chi connectivity index (χ1n) is 9.25. The second-order valence-corrected chi connectivity index (χ2v) is 6.76. The molecule has 0 fully saturated rings. The van der Waals surface area contributed by atoms with Gasteiger partial charge in [0.05, 0.1) is 0 Å². The van der Waals surface area contributed by atoms with Gasteiger partial charge in [-0.15, -0.1) is 0 Å². The van der Waals surface area contributed by atoms with Crippen LogP contribution >= 0.6 is 0 Å². The summed E-state index contributed by atoms with van der Waals surface area (Å²) in [6.07, 6.45) is 0.962. The Hall–Kier alpha value is -3.41. The van der Waals surface area contributed by atoms with Crippen molar-refractivity contribution in [2.45, 2.75) is 20.3 Å². The van der Waals surface area contributed by atoms with E-state index in [0.29, 0.717) is 17.3 Å². The SMILES string of the molecule is CCc1ccc(NC(=O)c2cc(Nc3ccc(N(C)C)cc3)nc(C)n2)cc1. The zero-order valence-corrected chi connectivity index (χ0v) is 16.7. The van der Waals surface area contributed by atoms with E-state index in [1.807, 2.05) is 67.5 Å². The van der Waals surface area contributed by atoms with Crippen LogP contribution in [-0.2, 0) is 6.42 Å². The number of rotatable bonds is 6. The predicted octanol–water partition coefficient (Wildman–Crippen LogP) is 4.41. The van der Waals surface area contributed by atoms with Crippen LogP contribution < -0.4 is 15.5 Å². The number of nitrogens with one attached hydrogen (secondary N) is 2. The largest absolute Gasteiger partial charge is 0.378 e. The minimum atomic E-state index is -0.263. The number of hydrogen-bond acceptors (Lipinski definition) is 5. The quantitative estimate of drug-likeness (QED) is 0.668. The highest BCUT2D eigenvalue weighted by Crippen LogP contribution is 2.20. The summed E-state index contributed by atoms with van der Waals surface area (Å²) in [5.74, 6) is 0.846. The summed E-state index contributed by atoms with van der Waals surface area (Å²) in [6.45, 7) is 3.87. The van der Waals surface area contributed by atoms with Gasteiger partial charge in [-0.1, -0.05) is 19.1 Å². The fourth-order valence-corrected chi connectivity index (χ4v) is 2.76. The van der Waals surface area contributed by atoms with E-state index in [9.17, 15) is 4.79 Å². The van der Waals surface area contributed by atoms with Gasteiger partial charge in [-0.2, -0.15) is 0 Å². The molecule has 0 spiro atoms. The molecule has 0 aliphatic heterocycles. The molecule has 1 amide bonds. The van der Waals surface area contributed by atoms with Gasteiger partial charge in [0, 0.05) is 37.2 Å². The van der Waals surface area contributed by atoms with E-state index in [0.717, 1.165) is 23.5 Å². The van der Waals surface area contributed by atoms with Crippen molar-refractivity contribution in [3.63, 3.8) is 0 Å². The summed E-state index contributed by atoms with van der Waals surface area (Å²) in [6, 6.07) is 17.4. The summed E-state index contributed by atoms with van der Waals surface area (Å²) in [5, 5.41) is 6.12. The van der Waals surface area contributed by atoms with Crippen LogP contribution in [0.4, 0.5) is 22.9 Å². The normalized spacial score (nSPS) is 10.4. The van der Waals surface area contributed by atoms with Crippen LogP contribution in [0, 0.1) is 6.92 Å². The number of nitrogens with zero attached hydrogens (tertiary/aromatic N) is 3. The molecule has 0 saturated heterocycles. The number of hydrogen-bond donors (Lipinski definition) is 2. The zero-order valence-electron chi connectivity index (χ0n) is 16.7. The molecule has 0 saturated carbocycles.